The molecule has 1 heterocycles. The summed E-state index contributed by atoms with van der Waals surface area (Å²) < 4.78 is 5.43. The number of aliphatic hydroxyl groups excluding tert-OH is 1. The maximum Gasteiger partial charge on any atom is 0.410 e. The molecule has 0 aromatic rings. The van der Waals surface area contributed by atoms with Gasteiger partial charge in [-0.05, 0) is 40.0 Å². The van der Waals surface area contributed by atoms with Crippen LogP contribution in [0.15, 0.2) is 0 Å². The van der Waals surface area contributed by atoms with Crippen molar-refractivity contribution >= 4 is 6.09 Å². The van der Waals surface area contributed by atoms with Gasteiger partial charge in [0, 0.05) is 6.54 Å². The molecule has 1 amide bonds. The monoisotopic (exact) mass is 257 g/mol. The number of amides is 1. The molecule has 1 fully saturated rings. The van der Waals surface area contributed by atoms with E-state index in [1.54, 1.807) is 4.90 Å². The molecule has 0 saturated carbocycles. The predicted octanol–water partition coefficient (Wildman–Crippen LogP) is 2.94. The Labute approximate surface area is 110 Å². The molecule has 0 radical (unpaired) electrons. The molecule has 0 aliphatic carbocycles. The standard InChI is InChI=1S/C14H27NO3/c1-5-12(16)11-9-7-6-8-10-15(11)13(17)18-14(2,3)4/h11-12,16H,5-10H2,1-4H3. The van der Waals surface area contributed by atoms with Crippen LogP contribution < -0.4 is 0 Å². The highest BCUT2D eigenvalue weighted by molar-refractivity contribution is 5.68. The largest absolute Gasteiger partial charge is 0.444 e. The first-order valence-corrected chi connectivity index (χ1v) is 7.03. The zero-order valence-corrected chi connectivity index (χ0v) is 12.1. The second-order valence-electron chi connectivity index (χ2n) is 6.07. The van der Waals surface area contributed by atoms with Gasteiger partial charge in [0.05, 0.1) is 12.1 Å². The van der Waals surface area contributed by atoms with E-state index in [2.05, 4.69) is 0 Å². The van der Waals surface area contributed by atoms with E-state index in [4.69, 9.17) is 4.74 Å². The van der Waals surface area contributed by atoms with Gasteiger partial charge in [0.25, 0.3) is 0 Å². The van der Waals surface area contributed by atoms with E-state index < -0.39 is 11.7 Å². The fourth-order valence-electron chi connectivity index (χ4n) is 2.35. The summed E-state index contributed by atoms with van der Waals surface area (Å²) in [7, 11) is 0. The van der Waals surface area contributed by atoms with Gasteiger partial charge in [0.2, 0.25) is 0 Å². The Morgan fingerprint density at radius 1 is 1.39 bits per heavy atom. The minimum Gasteiger partial charge on any atom is -0.444 e. The summed E-state index contributed by atoms with van der Waals surface area (Å²) in [6, 6.07) is -0.0904. The van der Waals surface area contributed by atoms with Crippen LogP contribution in [-0.2, 0) is 4.74 Å². The highest BCUT2D eigenvalue weighted by Crippen LogP contribution is 2.23. The molecule has 18 heavy (non-hydrogen) atoms. The van der Waals surface area contributed by atoms with Crippen molar-refractivity contribution in [2.45, 2.75) is 77.5 Å². The second-order valence-corrected chi connectivity index (χ2v) is 6.07. The summed E-state index contributed by atoms with van der Waals surface area (Å²) in [5, 5.41) is 10.1. The molecule has 4 heteroatoms. The molecule has 0 spiro atoms. The average molecular weight is 257 g/mol. The number of rotatable bonds is 2. The Morgan fingerprint density at radius 2 is 2.06 bits per heavy atom. The summed E-state index contributed by atoms with van der Waals surface area (Å²) in [6.07, 6.45) is 3.98. The van der Waals surface area contributed by atoms with Gasteiger partial charge in [-0.25, -0.2) is 4.79 Å². The van der Waals surface area contributed by atoms with Crippen molar-refractivity contribution in [2.24, 2.45) is 0 Å². The van der Waals surface area contributed by atoms with Crippen molar-refractivity contribution in [3.05, 3.63) is 0 Å². The van der Waals surface area contributed by atoms with E-state index in [9.17, 15) is 9.90 Å². The van der Waals surface area contributed by atoms with Crippen LogP contribution in [0.2, 0.25) is 0 Å². The summed E-state index contributed by atoms with van der Waals surface area (Å²) >= 11 is 0. The van der Waals surface area contributed by atoms with Gasteiger partial charge < -0.3 is 14.7 Å². The smallest absolute Gasteiger partial charge is 0.410 e. The molecule has 1 rings (SSSR count). The highest BCUT2D eigenvalue weighted by Gasteiger charge is 2.32. The van der Waals surface area contributed by atoms with Crippen molar-refractivity contribution in [3.63, 3.8) is 0 Å². The van der Waals surface area contributed by atoms with Gasteiger partial charge in [-0.15, -0.1) is 0 Å². The van der Waals surface area contributed by atoms with Crippen LogP contribution in [0.3, 0.4) is 0 Å². The lowest BCUT2D eigenvalue weighted by molar-refractivity contribution is -0.00591. The molecule has 2 unspecified atom stereocenters. The number of aliphatic hydroxyl groups is 1. The number of ether oxygens (including phenoxy) is 1. The Morgan fingerprint density at radius 3 is 2.61 bits per heavy atom. The molecule has 1 aliphatic rings. The maximum atomic E-state index is 12.2. The molecule has 1 N–H and O–H groups in total. The number of nitrogens with zero attached hydrogens (tertiary/aromatic N) is 1. The van der Waals surface area contributed by atoms with Crippen LogP contribution in [0, 0.1) is 0 Å². The zero-order chi connectivity index (χ0) is 13.8. The van der Waals surface area contributed by atoms with Gasteiger partial charge >= 0.3 is 6.09 Å². The molecular formula is C14H27NO3. The van der Waals surface area contributed by atoms with E-state index in [1.165, 1.54) is 0 Å². The van der Waals surface area contributed by atoms with E-state index in [0.29, 0.717) is 13.0 Å². The van der Waals surface area contributed by atoms with Crippen LogP contribution in [0.1, 0.15) is 59.8 Å². The number of carbonyl (C=O) groups excluding carboxylic acids is 1. The third-order valence-corrected chi connectivity index (χ3v) is 3.29. The molecule has 2 atom stereocenters. The number of likely N-dealkylation sites (tertiary alicyclic amines) is 1. The molecular weight excluding hydrogens is 230 g/mol. The minimum atomic E-state index is -0.481. The summed E-state index contributed by atoms with van der Waals surface area (Å²) in [6.45, 7) is 8.25. The first-order chi connectivity index (χ1) is 8.35. The molecule has 4 nitrogen and oxygen atoms in total. The van der Waals surface area contributed by atoms with E-state index >= 15 is 0 Å². The van der Waals surface area contributed by atoms with Crippen molar-refractivity contribution in [3.8, 4) is 0 Å². The third kappa shape index (κ3) is 4.48. The van der Waals surface area contributed by atoms with E-state index in [-0.39, 0.29) is 12.1 Å². The lowest BCUT2D eigenvalue weighted by Gasteiger charge is -2.34. The lowest BCUT2D eigenvalue weighted by Crippen LogP contribution is -2.48. The zero-order valence-electron chi connectivity index (χ0n) is 12.1. The summed E-state index contributed by atoms with van der Waals surface area (Å²) in [5.41, 5.74) is -0.481. The van der Waals surface area contributed by atoms with Gasteiger partial charge in [0.15, 0.2) is 0 Å². The summed E-state index contributed by atoms with van der Waals surface area (Å²) in [4.78, 5) is 13.9. The van der Waals surface area contributed by atoms with Gasteiger partial charge in [0.1, 0.15) is 5.60 Å². The Bertz CT molecular complexity index is 273. The van der Waals surface area contributed by atoms with Crippen LogP contribution in [0.4, 0.5) is 4.79 Å². The number of hydrogen-bond donors (Lipinski definition) is 1. The Hall–Kier alpha value is -0.770. The van der Waals surface area contributed by atoms with Crippen molar-refractivity contribution in [1.29, 1.82) is 0 Å². The molecule has 1 aliphatic heterocycles. The fraction of sp³-hybridized carbons (Fsp3) is 0.929. The van der Waals surface area contributed by atoms with Crippen LogP contribution in [-0.4, -0.2) is 40.4 Å². The number of hydrogen-bond acceptors (Lipinski definition) is 3. The molecule has 1 saturated heterocycles. The van der Waals surface area contributed by atoms with Gasteiger partial charge in [-0.1, -0.05) is 19.8 Å². The van der Waals surface area contributed by atoms with Crippen LogP contribution in [0.25, 0.3) is 0 Å². The first kappa shape index (κ1) is 15.3. The third-order valence-electron chi connectivity index (χ3n) is 3.29. The Balaban J connectivity index is 2.75. The van der Waals surface area contributed by atoms with Crippen LogP contribution >= 0.6 is 0 Å². The van der Waals surface area contributed by atoms with E-state index in [1.807, 2.05) is 27.7 Å². The predicted molar refractivity (Wildman–Crippen MR) is 71.5 cm³/mol. The summed E-state index contributed by atoms with van der Waals surface area (Å²) in [5.74, 6) is 0. The van der Waals surface area contributed by atoms with Gasteiger partial charge in [-0.3, -0.25) is 0 Å². The second kappa shape index (κ2) is 6.41. The van der Waals surface area contributed by atoms with Crippen LogP contribution in [0.5, 0.6) is 0 Å². The van der Waals surface area contributed by atoms with E-state index in [0.717, 1.165) is 25.7 Å². The molecule has 0 aromatic heterocycles. The normalized spacial score (nSPS) is 23.4. The highest BCUT2D eigenvalue weighted by atomic mass is 16.6. The molecule has 106 valence electrons. The minimum absolute atomic E-state index is 0.0904. The quantitative estimate of drug-likeness (QED) is 0.827. The Kier molecular flexibility index (Phi) is 5.45. The average Bonchev–Trinajstić information content (AvgIpc) is 2.50. The van der Waals surface area contributed by atoms with Crippen molar-refractivity contribution in [2.75, 3.05) is 6.54 Å². The van der Waals surface area contributed by atoms with Gasteiger partial charge in [-0.2, -0.15) is 0 Å². The fourth-order valence-corrected chi connectivity index (χ4v) is 2.35. The lowest BCUT2D eigenvalue weighted by atomic mass is 10.0. The first-order valence-electron chi connectivity index (χ1n) is 7.03. The van der Waals surface area contributed by atoms with Crippen molar-refractivity contribution < 1.29 is 14.6 Å². The van der Waals surface area contributed by atoms with Crippen molar-refractivity contribution in [1.82, 2.24) is 4.90 Å². The molecule has 0 aromatic carbocycles. The maximum absolute atomic E-state index is 12.2. The number of carbonyl (C=O) groups is 1. The molecule has 0 bridgehead atoms. The SMILES string of the molecule is CCC(O)C1CCCCCN1C(=O)OC(C)(C)C. The topological polar surface area (TPSA) is 49.8 Å².